The number of halogens is 1. The first-order valence-corrected chi connectivity index (χ1v) is 8.38. The molecule has 4 rings (SSSR count). The summed E-state index contributed by atoms with van der Waals surface area (Å²) in [5.74, 6) is -0.00617. The third-order valence-corrected chi connectivity index (χ3v) is 4.58. The maximum absolute atomic E-state index is 11.2. The number of aromatic nitrogens is 2. The smallest absolute Gasteiger partial charge is 0.335 e. The minimum Gasteiger partial charge on any atom is -0.478 e. The van der Waals surface area contributed by atoms with Crippen LogP contribution >= 0.6 is 15.9 Å². The van der Waals surface area contributed by atoms with E-state index in [-0.39, 0.29) is 5.56 Å². The molecule has 2 aromatic carbocycles. The summed E-state index contributed by atoms with van der Waals surface area (Å²) < 4.78 is 2.80. The van der Waals surface area contributed by atoms with Crippen molar-refractivity contribution >= 4 is 27.7 Å². The van der Waals surface area contributed by atoms with E-state index in [1.807, 2.05) is 30.3 Å². The Morgan fingerprint density at radius 1 is 1.21 bits per heavy atom. The van der Waals surface area contributed by atoms with Crippen LogP contribution in [0.25, 0.3) is 16.9 Å². The summed E-state index contributed by atoms with van der Waals surface area (Å²) in [4.78, 5) is 11.2. The number of aromatic carboxylic acids is 1. The standard InChI is InChI=1S/C18H14BrN3O2/c19-13-5-1-3-11(9-13)16-15-7-8-20-17(15)22(21-16)14-6-2-4-12(10-14)18(23)24/h1-6,9-10,20H,7-8H2,(H,23,24). The molecule has 3 aromatic rings. The molecule has 5 nitrogen and oxygen atoms in total. The van der Waals surface area contributed by atoms with Gasteiger partial charge in [0.25, 0.3) is 0 Å². The second-order valence-electron chi connectivity index (χ2n) is 5.63. The van der Waals surface area contributed by atoms with Gasteiger partial charge >= 0.3 is 5.97 Å². The Bertz CT molecular complexity index is 949. The van der Waals surface area contributed by atoms with Gasteiger partial charge in [0.05, 0.1) is 16.9 Å². The molecule has 1 aliphatic heterocycles. The molecule has 0 amide bonds. The van der Waals surface area contributed by atoms with Gasteiger partial charge in [0.1, 0.15) is 5.82 Å². The van der Waals surface area contributed by atoms with Crippen molar-refractivity contribution in [3.05, 3.63) is 64.1 Å². The summed E-state index contributed by atoms with van der Waals surface area (Å²) in [7, 11) is 0. The summed E-state index contributed by atoms with van der Waals surface area (Å²) in [6.07, 6.45) is 0.899. The lowest BCUT2D eigenvalue weighted by molar-refractivity contribution is 0.0697. The monoisotopic (exact) mass is 383 g/mol. The van der Waals surface area contributed by atoms with E-state index in [1.54, 1.807) is 22.9 Å². The van der Waals surface area contributed by atoms with Crippen LogP contribution in [0.4, 0.5) is 5.82 Å². The zero-order valence-corrected chi connectivity index (χ0v) is 14.2. The summed E-state index contributed by atoms with van der Waals surface area (Å²) >= 11 is 3.50. The summed E-state index contributed by atoms with van der Waals surface area (Å²) in [5, 5.41) is 17.3. The number of nitrogens with one attached hydrogen (secondary N) is 1. The lowest BCUT2D eigenvalue weighted by Crippen LogP contribution is -2.05. The summed E-state index contributed by atoms with van der Waals surface area (Å²) in [5.41, 5.74) is 4.11. The van der Waals surface area contributed by atoms with Gasteiger partial charge in [-0.25, -0.2) is 9.48 Å². The molecule has 0 atom stereocenters. The molecule has 6 heteroatoms. The number of hydrogen-bond donors (Lipinski definition) is 2. The number of carboxylic acid groups (broad SMARTS) is 1. The minimum absolute atomic E-state index is 0.249. The molecule has 0 aliphatic carbocycles. The maximum atomic E-state index is 11.2. The van der Waals surface area contributed by atoms with Crippen molar-refractivity contribution in [2.75, 3.05) is 11.9 Å². The van der Waals surface area contributed by atoms with Crippen LogP contribution in [0.5, 0.6) is 0 Å². The lowest BCUT2D eigenvalue weighted by atomic mass is 10.1. The Morgan fingerprint density at radius 3 is 2.83 bits per heavy atom. The quantitative estimate of drug-likeness (QED) is 0.717. The number of rotatable bonds is 3. The van der Waals surface area contributed by atoms with Gasteiger partial charge in [-0.1, -0.05) is 34.1 Å². The van der Waals surface area contributed by atoms with Gasteiger partial charge in [0.2, 0.25) is 0 Å². The second kappa shape index (κ2) is 5.79. The Kier molecular flexibility index (Phi) is 3.61. The van der Waals surface area contributed by atoms with Crippen molar-refractivity contribution in [3.63, 3.8) is 0 Å². The van der Waals surface area contributed by atoms with E-state index in [4.69, 9.17) is 5.10 Å². The Hall–Kier alpha value is -2.60. The maximum Gasteiger partial charge on any atom is 0.335 e. The topological polar surface area (TPSA) is 67.1 Å². The van der Waals surface area contributed by atoms with Crippen molar-refractivity contribution in [2.24, 2.45) is 0 Å². The molecule has 0 unspecified atom stereocenters. The van der Waals surface area contributed by atoms with Gasteiger partial charge in [0, 0.05) is 22.1 Å². The van der Waals surface area contributed by atoms with Gasteiger partial charge in [-0.15, -0.1) is 0 Å². The van der Waals surface area contributed by atoms with Gasteiger partial charge < -0.3 is 10.4 Å². The Morgan fingerprint density at radius 2 is 2.04 bits per heavy atom. The zero-order chi connectivity index (χ0) is 16.7. The highest BCUT2D eigenvalue weighted by Crippen LogP contribution is 2.35. The van der Waals surface area contributed by atoms with Gasteiger partial charge in [-0.2, -0.15) is 5.10 Å². The second-order valence-corrected chi connectivity index (χ2v) is 6.55. The number of fused-ring (bicyclic) bond motifs is 1. The number of nitrogens with zero attached hydrogens (tertiary/aromatic N) is 2. The van der Waals surface area contributed by atoms with Crippen LogP contribution in [-0.4, -0.2) is 27.4 Å². The van der Waals surface area contributed by atoms with Crippen molar-refractivity contribution < 1.29 is 9.90 Å². The first-order valence-electron chi connectivity index (χ1n) is 7.59. The van der Waals surface area contributed by atoms with E-state index >= 15 is 0 Å². The molecule has 0 saturated heterocycles. The summed E-state index contributed by atoms with van der Waals surface area (Å²) in [6, 6.07) is 14.9. The molecule has 120 valence electrons. The van der Waals surface area contributed by atoms with E-state index in [2.05, 4.69) is 21.2 Å². The van der Waals surface area contributed by atoms with Crippen LogP contribution in [0.3, 0.4) is 0 Å². The van der Waals surface area contributed by atoms with Crippen molar-refractivity contribution in [3.8, 4) is 16.9 Å². The average Bonchev–Trinajstić information content (AvgIpc) is 3.17. The first-order chi connectivity index (χ1) is 11.6. The van der Waals surface area contributed by atoms with Crippen LogP contribution < -0.4 is 5.32 Å². The fourth-order valence-corrected chi connectivity index (χ4v) is 3.40. The molecular formula is C18H14BrN3O2. The molecule has 0 spiro atoms. The first kappa shape index (κ1) is 15.0. The van der Waals surface area contributed by atoms with E-state index in [1.165, 1.54) is 0 Å². The number of carbonyl (C=O) groups is 1. The van der Waals surface area contributed by atoms with E-state index in [9.17, 15) is 9.90 Å². The molecular weight excluding hydrogens is 370 g/mol. The highest BCUT2D eigenvalue weighted by Gasteiger charge is 2.24. The average molecular weight is 384 g/mol. The molecule has 1 aromatic heterocycles. The molecule has 0 bridgehead atoms. The van der Waals surface area contributed by atoms with Crippen LogP contribution in [0.1, 0.15) is 15.9 Å². The SMILES string of the molecule is O=C(O)c1cccc(-n2nc(-c3cccc(Br)c3)c3c2NCC3)c1. The van der Waals surface area contributed by atoms with Crippen molar-refractivity contribution in [2.45, 2.75) is 6.42 Å². The fraction of sp³-hybridized carbons (Fsp3) is 0.111. The van der Waals surface area contributed by atoms with Gasteiger partial charge in [-0.3, -0.25) is 0 Å². The largest absolute Gasteiger partial charge is 0.478 e. The fourth-order valence-electron chi connectivity index (χ4n) is 3.00. The molecule has 1 aliphatic rings. The zero-order valence-electron chi connectivity index (χ0n) is 12.7. The molecule has 24 heavy (non-hydrogen) atoms. The van der Waals surface area contributed by atoms with Crippen LogP contribution in [0.2, 0.25) is 0 Å². The number of carboxylic acids is 1. The third-order valence-electron chi connectivity index (χ3n) is 4.09. The van der Waals surface area contributed by atoms with Crippen molar-refractivity contribution in [1.82, 2.24) is 9.78 Å². The Labute approximate surface area is 147 Å². The number of anilines is 1. The number of benzene rings is 2. The highest BCUT2D eigenvalue weighted by molar-refractivity contribution is 9.10. The summed E-state index contributed by atoms with van der Waals surface area (Å²) in [6.45, 7) is 0.854. The third kappa shape index (κ3) is 2.49. The van der Waals surface area contributed by atoms with E-state index in [0.29, 0.717) is 0 Å². The number of hydrogen-bond acceptors (Lipinski definition) is 3. The molecule has 0 radical (unpaired) electrons. The van der Waals surface area contributed by atoms with Crippen LogP contribution in [-0.2, 0) is 6.42 Å². The van der Waals surface area contributed by atoms with Gasteiger partial charge in [-0.05, 0) is 36.8 Å². The van der Waals surface area contributed by atoms with Crippen LogP contribution in [0.15, 0.2) is 53.0 Å². The predicted molar refractivity (Wildman–Crippen MR) is 95.9 cm³/mol. The molecule has 0 fully saturated rings. The lowest BCUT2D eigenvalue weighted by Gasteiger charge is -2.07. The Balaban J connectivity index is 1.88. The van der Waals surface area contributed by atoms with Crippen molar-refractivity contribution in [1.29, 1.82) is 0 Å². The van der Waals surface area contributed by atoms with E-state index in [0.717, 1.165) is 45.8 Å². The normalized spacial score (nSPS) is 12.7. The van der Waals surface area contributed by atoms with E-state index < -0.39 is 5.97 Å². The predicted octanol–water partition coefficient (Wildman–Crippen LogP) is 3.97. The minimum atomic E-state index is -0.944. The molecule has 0 saturated carbocycles. The molecule has 2 heterocycles. The molecule has 2 N–H and O–H groups in total. The highest BCUT2D eigenvalue weighted by atomic mass is 79.9. The van der Waals surface area contributed by atoms with Crippen LogP contribution in [0, 0.1) is 0 Å². The van der Waals surface area contributed by atoms with Gasteiger partial charge in [0.15, 0.2) is 0 Å².